The van der Waals surface area contributed by atoms with Crippen molar-refractivity contribution in [3.05, 3.63) is 65.7 Å². The van der Waals surface area contributed by atoms with Crippen LogP contribution in [0, 0.1) is 6.92 Å². The molecule has 0 aliphatic rings. The molecule has 4 heteroatoms. The van der Waals surface area contributed by atoms with E-state index in [1.54, 1.807) is 6.92 Å². The lowest BCUT2D eigenvalue weighted by Crippen LogP contribution is -2.34. The molecule has 122 valence electrons. The number of rotatable bonds is 7. The molecular weight excluding hydrogens is 290 g/mol. The Morgan fingerprint density at radius 2 is 1.91 bits per heavy atom. The van der Waals surface area contributed by atoms with Gasteiger partial charge in [-0.2, -0.15) is 0 Å². The molecule has 0 bridgehead atoms. The largest absolute Gasteiger partial charge is 0.492 e. The number of nitrogens with one attached hydrogen (secondary N) is 1. The fourth-order valence-electron chi connectivity index (χ4n) is 2.34. The zero-order chi connectivity index (χ0) is 16.7. The van der Waals surface area contributed by atoms with E-state index in [0.717, 1.165) is 16.9 Å². The summed E-state index contributed by atoms with van der Waals surface area (Å²) >= 11 is 0. The van der Waals surface area contributed by atoms with Crippen molar-refractivity contribution in [2.45, 2.75) is 25.9 Å². The van der Waals surface area contributed by atoms with E-state index < -0.39 is 5.60 Å². The van der Waals surface area contributed by atoms with Crippen LogP contribution in [0.4, 0.5) is 0 Å². The Morgan fingerprint density at radius 3 is 2.61 bits per heavy atom. The minimum Gasteiger partial charge on any atom is -0.492 e. The van der Waals surface area contributed by atoms with Gasteiger partial charge in [0, 0.05) is 0 Å². The van der Waals surface area contributed by atoms with Crippen LogP contribution in [0.3, 0.4) is 0 Å². The number of amides is 1. The number of aliphatic hydroxyl groups is 1. The molecule has 2 aromatic carbocycles. The Bertz CT molecular complexity index is 638. The first kappa shape index (κ1) is 17.0. The lowest BCUT2D eigenvalue weighted by molar-refractivity contribution is -0.125. The van der Waals surface area contributed by atoms with Crippen molar-refractivity contribution < 1.29 is 14.6 Å². The van der Waals surface area contributed by atoms with Crippen LogP contribution in [0.5, 0.6) is 5.75 Å². The number of carbonyl (C=O) groups excluding carboxylic acids is 1. The first-order valence-electron chi connectivity index (χ1n) is 7.71. The van der Waals surface area contributed by atoms with Crippen molar-refractivity contribution in [3.8, 4) is 5.75 Å². The molecule has 0 fully saturated rings. The summed E-state index contributed by atoms with van der Waals surface area (Å²) in [5.74, 6) is 0.585. The molecule has 0 saturated carbocycles. The second-order valence-electron chi connectivity index (χ2n) is 5.83. The second-order valence-corrected chi connectivity index (χ2v) is 5.83. The quantitative estimate of drug-likeness (QED) is 0.773. The van der Waals surface area contributed by atoms with Crippen LogP contribution < -0.4 is 10.1 Å². The van der Waals surface area contributed by atoms with Gasteiger partial charge in [-0.15, -0.1) is 0 Å². The molecule has 4 nitrogen and oxygen atoms in total. The first-order chi connectivity index (χ1) is 11.0. The number of hydrogen-bond acceptors (Lipinski definition) is 3. The van der Waals surface area contributed by atoms with E-state index in [-0.39, 0.29) is 12.3 Å². The minimum absolute atomic E-state index is 0.0153. The maximum atomic E-state index is 12.0. The topological polar surface area (TPSA) is 58.6 Å². The molecule has 0 aliphatic heterocycles. The van der Waals surface area contributed by atoms with Gasteiger partial charge in [0.1, 0.15) is 12.4 Å². The van der Waals surface area contributed by atoms with Crippen LogP contribution in [0.25, 0.3) is 0 Å². The van der Waals surface area contributed by atoms with Gasteiger partial charge >= 0.3 is 0 Å². The average Bonchev–Trinajstić information content (AvgIpc) is 2.52. The highest BCUT2D eigenvalue weighted by Crippen LogP contribution is 2.23. The van der Waals surface area contributed by atoms with E-state index in [0.29, 0.717) is 13.2 Å². The molecule has 0 heterocycles. The zero-order valence-electron chi connectivity index (χ0n) is 13.6. The Hall–Kier alpha value is -2.33. The van der Waals surface area contributed by atoms with Gasteiger partial charge in [0.2, 0.25) is 5.91 Å². The van der Waals surface area contributed by atoms with Gasteiger partial charge in [-0.25, -0.2) is 0 Å². The molecule has 0 aromatic heterocycles. The van der Waals surface area contributed by atoms with Crippen molar-refractivity contribution in [2.24, 2.45) is 0 Å². The summed E-state index contributed by atoms with van der Waals surface area (Å²) in [7, 11) is 0. The van der Waals surface area contributed by atoms with Gasteiger partial charge in [-0.05, 0) is 37.1 Å². The lowest BCUT2D eigenvalue weighted by Gasteiger charge is -2.23. The van der Waals surface area contributed by atoms with E-state index in [9.17, 15) is 9.90 Å². The molecule has 0 spiro atoms. The van der Waals surface area contributed by atoms with E-state index >= 15 is 0 Å². The number of benzene rings is 2. The van der Waals surface area contributed by atoms with Gasteiger partial charge in [0.25, 0.3) is 0 Å². The van der Waals surface area contributed by atoms with Crippen LogP contribution in [-0.4, -0.2) is 24.2 Å². The molecule has 2 rings (SSSR count). The third-order valence-corrected chi connectivity index (χ3v) is 3.58. The fraction of sp³-hybridized carbons (Fsp3) is 0.316. The molecular formula is C19H23NO3. The predicted octanol–water partition coefficient (Wildman–Crippen LogP) is 2.79. The Morgan fingerprint density at radius 1 is 1.17 bits per heavy atom. The summed E-state index contributed by atoms with van der Waals surface area (Å²) in [5.41, 5.74) is 0.680. The highest BCUT2D eigenvalue weighted by molar-refractivity contribution is 5.77. The van der Waals surface area contributed by atoms with Crippen molar-refractivity contribution in [1.29, 1.82) is 0 Å². The van der Waals surface area contributed by atoms with Crippen molar-refractivity contribution in [1.82, 2.24) is 5.32 Å². The maximum absolute atomic E-state index is 12.0. The molecule has 0 saturated heterocycles. The van der Waals surface area contributed by atoms with Crippen LogP contribution in [0.15, 0.2) is 54.6 Å². The van der Waals surface area contributed by atoms with Crippen molar-refractivity contribution >= 4 is 5.91 Å². The highest BCUT2D eigenvalue weighted by atomic mass is 16.5. The smallest absolute Gasteiger partial charge is 0.223 e. The fourth-order valence-corrected chi connectivity index (χ4v) is 2.34. The molecule has 0 radical (unpaired) electrons. The molecule has 2 aromatic rings. The van der Waals surface area contributed by atoms with Crippen LogP contribution in [0.2, 0.25) is 0 Å². The number of aryl methyl sites for hydroxylation is 1. The minimum atomic E-state index is -1.18. The van der Waals surface area contributed by atoms with Crippen molar-refractivity contribution in [2.75, 3.05) is 13.2 Å². The maximum Gasteiger partial charge on any atom is 0.223 e. The third kappa shape index (κ3) is 5.42. The second kappa shape index (κ2) is 7.79. The van der Waals surface area contributed by atoms with E-state index in [1.807, 2.05) is 61.5 Å². The Kier molecular flexibility index (Phi) is 5.77. The summed E-state index contributed by atoms with van der Waals surface area (Å²) in [6, 6.07) is 17.0. The summed E-state index contributed by atoms with van der Waals surface area (Å²) in [5, 5.41) is 13.2. The first-order valence-corrected chi connectivity index (χ1v) is 7.71. The monoisotopic (exact) mass is 313 g/mol. The number of carbonyl (C=O) groups is 1. The van der Waals surface area contributed by atoms with Gasteiger partial charge < -0.3 is 15.2 Å². The van der Waals surface area contributed by atoms with Crippen LogP contribution >= 0.6 is 0 Å². The number of ether oxygens (including phenoxy) is 1. The lowest BCUT2D eigenvalue weighted by atomic mass is 9.92. The predicted molar refractivity (Wildman–Crippen MR) is 90.3 cm³/mol. The van der Waals surface area contributed by atoms with Gasteiger partial charge in [0.15, 0.2) is 0 Å². The normalized spacial score (nSPS) is 13.2. The zero-order valence-corrected chi connectivity index (χ0v) is 13.6. The molecule has 23 heavy (non-hydrogen) atoms. The number of hydrogen-bond donors (Lipinski definition) is 2. The molecule has 1 atom stereocenters. The summed E-state index contributed by atoms with van der Waals surface area (Å²) < 4.78 is 5.57. The van der Waals surface area contributed by atoms with Crippen molar-refractivity contribution in [3.63, 3.8) is 0 Å². The average molecular weight is 313 g/mol. The third-order valence-electron chi connectivity index (χ3n) is 3.58. The van der Waals surface area contributed by atoms with Gasteiger partial charge in [0.05, 0.1) is 18.6 Å². The summed E-state index contributed by atoms with van der Waals surface area (Å²) in [6.45, 7) is 4.44. The molecule has 0 aliphatic carbocycles. The Balaban J connectivity index is 1.75. The molecule has 1 unspecified atom stereocenters. The van der Waals surface area contributed by atoms with Gasteiger partial charge in [-0.3, -0.25) is 4.79 Å². The van der Waals surface area contributed by atoms with E-state index in [2.05, 4.69) is 5.32 Å². The van der Waals surface area contributed by atoms with Gasteiger partial charge in [-0.1, -0.05) is 42.5 Å². The molecule has 1 amide bonds. The summed E-state index contributed by atoms with van der Waals surface area (Å²) in [4.78, 5) is 12.0. The molecule has 2 N–H and O–H groups in total. The van der Waals surface area contributed by atoms with E-state index in [1.165, 1.54) is 0 Å². The van der Waals surface area contributed by atoms with E-state index in [4.69, 9.17) is 4.74 Å². The summed E-state index contributed by atoms with van der Waals surface area (Å²) in [6.07, 6.45) is 0.0153. The highest BCUT2D eigenvalue weighted by Gasteiger charge is 2.26. The standard InChI is InChI=1S/C19H23NO3/c1-15-7-6-10-17(13-15)23-12-11-20-18(21)14-19(2,22)16-8-4-3-5-9-16/h3-10,13,22H,11-12,14H2,1-2H3,(H,20,21). The SMILES string of the molecule is Cc1cccc(OCCNC(=O)CC(C)(O)c2ccccc2)c1. The Labute approximate surface area is 137 Å². The van der Waals surface area contributed by atoms with Crippen LogP contribution in [0.1, 0.15) is 24.5 Å². The van der Waals surface area contributed by atoms with Crippen LogP contribution in [-0.2, 0) is 10.4 Å².